The highest BCUT2D eigenvalue weighted by Gasteiger charge is 2.05. The number of rotatable bonds is 1. The fourth-order valence-corrected chi connectivity index (χ4v) is 3.32. The molecular formula is C21H14N2O. The minimum atomic E-state index is -0.0370. The Morgan fingerprint density at radius 1 is 0.667 bits per heavy atom. The number of aliphatic hydroxyl groups excluding tert-OH is 1. The molecule has 0 saturated heterocycles. The van der Waals surface area contributed by atoms with Crippen molar-refractivity contribution in [2.24, 2.45) is 0 Å². The zero-order valence-electron chi connectivity index (χ0n) is 12.9. The summed E-state index contributed by atoms with van der Waals surface area (Å²) in [7, 11) is 0. The molecule has 114 valence electrons. The molecule has 0 aliphatic heterocycles. The van der Waals surface area contributed by atoms with Gasteiger partial charge in [0.25, 0.3) is 0 Å². The van der Waals surface area contributed by atoms with E-state index in [9.17, 15) is 5.11 Å². The van der Waals surface area contributed by atoms with Crippen LogP contribution < -0.4 is 0 Å². The van der Waals surface area contributed by atoms with Gasteiger partial charge in [0.2, 0.25) is 0 Å². The van der Waals surface area contributed by atoms with Crippen molar-refractivity contribution in [1.82, 2.24) is 9.97 Å². The second-order valence-electron chi connectivity index (χ2n) is 6.10. The summed E-state index contributed by atoms with van der Waals surface area (Å²) in [4.78, 5) is 8.96. The predicted molar refractivity (Wildman–Crippen MR) is 98.0 cm³/mol. The van der Waals surface area contributed by atoms with Crippen LogP contribution in [0.1, 0.15) is 5.69 Å². The molecule has 3 nitrogen and oxygen atoms in total. The molecule has 0 aliphatic carbocycles. The summed E-state index contributed by atoms with van der Waals surface area (Å²) in [6.07, 6.45) is 1.83. The van der Waals surface area contributed by atoms with Crippen molar-refractivity contribution >= 4 is 43.4 Å². The molecule has 0 bridgehead atoms. The molecule has 0 radical (unpaired) electrons. The molecule has 3 aromatic carbocycles. The van der Waals surface area contributed by atoms with Gasteiger partial charge >= 0.3 is 0 Å². The highest BCUT2D eigenvalue weighted by molar-refractivity contribution is 6.07. The predicted octanol–water partition coefficient (Wildman–Crippen LogP) is 4.58. The van der Waals surface area contributed by atoms with Crippen molar-refractivity contribution in [2.75, 3.05) is 0 Å². The summed E-state index contributed by atoms with van der Waals surface area (Å²) in [6.45, 7) is -0.0370. The third kappa shape index (κ3) is 2.02. The zero-order chi connectivity index (χ0) is 16.1. The number of aromatic nitrogens is 2. The lowest BCUT2D eigenvalue weighted by molar-refractivity contribution is 0.277. The third-order valence-corrected chi connectivity index (χ3v) is 4.54. The number of hydrogen-bond donors (Lipinski definition) is 1. The maximum atomic E-state index is 9.28. The van der Waals surface area contributed by atoms with Gasteiger partial charge in [-0.3, -0.25) is 9.97 Å². The van der Waals surface area contributed by atoms with Crippen molar-refractivity contribution in [2.45, 2.75) is 6.61 Å². The first-order valence-corrected chi connectivity index (χ1v) is 7.93. The number of hydrogen-bond acceptors (Lipinski definition) is 3. The summed E-state index contributed by atoms with van der Waals surface area (Å²) in [5.74, 6) is 0. The second-order valence-corrected chi connectivity index (χ2v) is 6.10. The van der Waals surface area contributed by atoms with Gasteiger partial charge in [0.15, 0.2) is 0 Å². The minimum absolute atomic E-state index is 0.0370. The number of fused-ring (bicyclic) bond motifs is 4. The molecule has 5 aromatic rings. The molecule has 0 amide bonds. The summed E-state index contributed by atoms with van der Waals surface area (Å²) < 4.78 is 0. The number of nitrogens with zero attached hydrogens (tertiary/aromatic N) is 2. The van der Waals surface area contributed by atoms with Crippen molar-refractivity contribution in [1.29, 1.82) is 0 Å². The van der Waals surface area contributed by atoms with Crippen LogP contribution in [0.5, 0.6) is 0 Å². The Balaban J connectivity index is 1.86. The first-order chi connectivity index (χ1) is 11.8. The monoisotopic (exact) mass is 310 g/mol. The van der Waals surface area contributed by atoms with Crippen molar-refractivity contribution in [3.8, 4) is 0 Å². The van der Waals surface area contributed by atoms with E-state index in [0.29, 0.717) is 5.69 Å². The number of aliphatic hydroxyl groups is 1. The summed E-state index contributed by atoms with van der Waals surface area (Å²) in [6, 6.07) is 20.9. The molecule has 1 N–H and O–H groups in total. The van der Waals surface area contributed by atoms with Gasteiger partial charge in [-0.2, -0.15) is 0 Å². The van der Waals surface area contributed by atoms with Gasteiger partial charge in [-0.15, -0.1) is 0 Å². The molecular weight excluding hydrogens is 296 g/mol. The largest absolute Gasteiger partial charge is 0.390 e. The Bertz CT molecular complexity index is 1240. The van der Waals surface area contributed by atoms with Crippen molar-refractivity contribution < 1.29 is 5.11 Å². The first-order valence-electron chi connectivity index (χ1n) is 7.93. The van der Waals surface area contributed by atoms with Crippen LogP contribution in [0.25, 0.3) is 43.4 Å². The molecule has 0 unspecified atom stereocenters. The Morgan fingerprint density at radius 3 is 2.04 bits per heavy atom. The van der Waals surface area contributed by atoms with Crippen LogP contribution in [-0.4, -0.2) is 15.1 Å². The van der Waals surface area contributed by atoms with E-state index < -0.39 is 0 Å². The molecule has 0 saturated carbocycles. The molecule has 2 heterocycles. The van der Waals surface area contributed by atoms with Crippen LogP contribution in [-0.2, 0) is 6.61 Å². The highest BCUT2D eigenvalue weighted by atomic mass is 16.3. The first kappa shape index (κ1) is 13.4. The van der Waals surface area contributed by atoms with E-state index in [1.54, 1.807) is 0 Å². The number of pyridine rings is 2. The van der Waals surface area contributed by atoms with Gasteiger partial charge in [-0.05, 0) is 70.1 Å². The lowest BCUT2D eigenvalue weighted by Crippen LogP contribution is -1.89. The van der Waals surface area contributed by atoms with E-state index in [0.717, 1.165) is 27.2 Å². The summed E-state index contributed by atoms with van der Waals surface area (Å²) in [5, 5.41) is 16.2. The van der Waals surface area contributed by atoms with Gasteiger partial charge in [-0.1, -0.05) is 12.1 Å². The van der Waals surface area contributed by atoms with Crippen LogP contribution in [0.2, 0.25) is 0 Å². The average Bonchev–Trinajstić information content (AvgIpc) is 2.62. The normalized spacial score (nSPS) is 11.7. The van der Waals surface area contributed by atoms with Gasteiger partial charge in [0.1, 0.15) is 0 Å². The lowest BCUT2D eigenvalue weighted by Gasteiger charge is -2.07. The zero-order valence-corrected chi connectivity index (χ0v) is 12.9. The highest BCUT2D eigenvalue weighted by Crippen LogP contribution is 2.29. The van der Waals surface area contributed by atoms with Crippen LogP contribution >= 0.6 is 0 Å². The standard InChI is InChI=1S/C21H14N2O/c24-12-19-4-3-14-7-16-8-17-10-20-13(2-1-5-22-20)6-15(17)9-18(16)11-21(14)23-19/h1-11,24H,12H2. The van der Waals surface area contributed by atoms with Crippen LogP contribution in [0.4, 0.5) is 0 Å². The molecule has 0 fully saturated rings. The Kier molecular flexibility index (Phi) is 2.78. The smallest absolute Gasteiger partial charge is 0.0853 e. The molecule has 3 heteroatoms. The molecule has 2 aromatic heterocycles. The molecule has 0 atom stereocenters. The van der Waals surface area contributed by atoms with Gasteiger partial charge < -0.3 is 5.11 Å². The van der Waals surface area contributed by atoms with Crippen LogP contribution in [0.15, 0.2) is 66.9 Å². The minimum Gasteiger partial charge on any atom is -0.390 e. The van der Waals surface area contributed by atoms with Gasteiger partial charge in [-0.25, -0.2) is 0 Å². The van der Waals surface area contributed by atoms with E-state index in [1.807, 2.05) is 24.4 Å². The van der Waals surface area contributed by atoms with E-state index in [1.165, 1.54) is 16.2 Å². The SMILES string of the molecule is OCc1ccc2cc3cc4cc5ncccc5cc4cc3cc2n1. The maximum Gasteiger partial charge on any atom is 0.0853 e. The van der Waals surface area contributed by atoms with Gasteiger partial charge in [0, 0.05) is 17.0 Å². The summed E-state index contributed by atoms with van der Waals surface area (Å²) in [5.41, 5.74) is 2.62. The quantitative estimate of drug-likeness (QED) is 0.461. The van der Waals surface area contributed by atoms with Crippen LogP contribution in [0.3, 0.4) is 0 Å². The van der Waals surface area contributed by atoms with E-state index in [4.69, 9.17) is 0 Å². The van der Waals surface area contributed by atoms with E-state index in [-0.39, 0.29) is 6.61 Å². The maximum absolute atomic E-state index is 9.28. The van der Waals surface area contributed by atoms with E-state index >= 15 is 0 Å². The van der Waals surface area contributed by atoms with E-state index in [2.05, 4.69) is 52.4 Å². The third-order valence-electron chi connectivity index (χ3n) is 4.54. The summed E-state index contributed by atoms with van der Waals surface area (Å²) >= 11 is 0. The lowest BCUT2D eigenvalue weighted by atomic mass is 10.00. The van der Waals surface area contributed by atoms with Crippen LogP contribution in [0, 0.1) is 0 Å². The number of benzene rings is 3. The Hall–Kier alpha value is -3.04. The Morgan fingerprint density at radius 2 is 1.29 bits per heavy atom. The fourth-order valence-electron chi connectivity index (χ4n) is 3.32. The molecule has 24 heavy (non-hydrogen) atoms. The molecule has 0 spiro atoms. The van der Waals surface area contributed by atoms with Crippen molar-refractivity contribution in [3.63, 3.8) is 0 Å². The second kappa shape index (κ2) is 4.98. The van der Waals surface area contributed by atoms with Gasteiger partial charge in [0.05, 0.1) is 23.3 Å². The molecule has 0 aliphatic rings. The van der Waals surface area contributed by atoms with Crippen molar-refractivity contribution in [3.05, 3.63) is 72.6 Å². The molecule has 5 rings (SSSR count). The Labute approximate surface area is 138 Å². The average molecular weight is 310 g/mol. The topological polar surface area (TPSA) is 46.0 Å². The fraction of sp³-hybridized carbons (Fsp3) is 0.0476.